The molecule has 0 radical (unpaired) electrons. The van der Waals surface area contributed by atoms with Crippen LogP contribution in [0, 0.1) is 0 Å². The number of sulfonamides is 1. The molecule has 1 heterocycles. The van der Waals surface area contributed by atoms with Gasteiger partial charge in [-0.3, -0.25) is 9.52 Å². The lowest BCUT2D eigenvalue weighted by atomic mass is 10.2. The molecule has 0 fully saturated rings. The molecule has 0 saturated heterocycles. The highest BCUT2D eigenvalue weighted by Crippen LogP contribution is 2.28. The van der Waals surface area contributed by atoms with E-state index in [1.54, 1.807) is 6.07 Å². The normalized spacial score (nSPS) is 11.3. The van der Waals surface area contributed by atoms with E-state index in [-0.39, 0.29) is 5.56 Å². The average Bonchev–Trinajstić information content (AvgIpc) is 2.44. The summed E-state index contributed by atoms with van der Waals surface area (Å²) >= 11 is 1.22. The number of primary amides is 1. The summed E-state index contributed by atoms with van der Waals surface area (Å²) in [6.07, 6.45) is 1.76. The van der Waals surface area contributed by atoms with E-state index in [9.17, 15) is 13.2 Å². The van der Waals surface area contributed by atoms with Crippen LogP contribution in [0.5, 0.6) is 0 Å². The Bertz CT molecular complexity index is 476. The second-order valence-electron chi connectivity index (χ2n) is 3.05. The molecule has 0 aliphatic carbocycles. The predicted octanol–water partition coefficient (Wildman–Crippen LogP) is 0.781. The predicted molar refractivity (Wildman–Crippen MR) is 60.7 cm³/mol. The molecule has 0 atom stereocenters. The van der Waals surface area contributed by atoms with Crippen LogP contribution in [0.2, 0.25) is 0 Å². The summed E-state index contributed by atoms with van der Waals surface area (Å²) in [7, 11) is -3.38. The molecule has 0 unspecified atom stereocenters. The van der Waals surface area contributed by atoms with Gasteiger partial charge >= 0.3 is 0 Å². The maximum Gasteiger partial charge on any atom is 0.251 e. The Morgan fingerprint density at radius 3 is 2.60 bits per heavy atom. The third-order valence-corrected chi connectivity index (χ3v) is 3.57. The van der Waals surface area contributed by atoms with Crippen molar-refractivity contribution in [2.75, 3.05) is 11.0 Å². The van der Waals surface area contributed by atoms with Crippen LogP contribution in [-0.2, 0) is 16.4 Å². The van der Waals surface area contributed by atoms with Gasteiger partial charge in [0, 0.05) is 4.88 Å². The van der Waals surface area contributed by atoms with Crippen molar-refractivity contribution in [1.29, 1.82) is 0 Å². The number of nitrogens with one attached hydrogen (secondary N) is 1. The Labute approximate surface area is 92.3 Å². The SMILES string of the molecule is CCc1cc(C(N)=O)c(NS(C)(=O)=O)s1. The summed E-state index contributed by atoms with van der Waals surface area (Å²) in [5.41, 5.74) is 5.36. The lowest BCUT2D eigenvalue weighted by Crippen LogP contribution is -2.15. The fourth-order valence-electron chi connectivity index (χ4n) is 1.04. The van der Waals surface area contributed by atoms with Crippen LogP contribution in [0.4, 0.5) is 5.00 Å². The first-order chi connectivity index (χ1) is 6.83. The third kappa shape index (κ3) is 3.21. The minimum absolute atomic E-state index is 0.224. The molecular formula is C8H12N2O3S2. The number of carbonyl (C=O) groups excluding carboxylic acids is 1. The van der Waals surface area contributed by atoms with E-state index in [2.05, 4.69) is 4.72 Å². The summed E-state index contributed by atoms with van der Waals surface area (Å²) in [6.45, 7) is 1.92. The van der Waals surface area contributed by atoms with E-state index < -0.39 is 15.9 Å². The Morgan fingerprint density at radius 2 is 2.20 bits per heavy atom. The molecule has 0 aromatic carbocycles. The highest BCUT2D eigenvalue weighted by atomic mass is 32.2. The molecule has 1 aromatic heterocycles. The summed E-state index contributed by atoms with van der Waals surface area (Å²) in [6, 6.07) is 1.61. The van der Waals surface area contributed by atoms with Gasteiger partial charge in [-0.15, -0.1) is 11.3 Å². The van der Waals surface area contributed by atoms with E-state index >= 15 is 0 Å². The number of thiophene rings is 1. The average molecular weight is 248 g/mol. The number of anilines is 1. The number of amides is 1. The van der Waals surface area contributed by atoms with Crippen molar-refractivity contribution in [3.8, 4) is 0 Å². The molecule has 7 heteroatoms. The summed E-state index contributed by atoms with van der Waals surface area (Å²) in [5, 5.41) is 0.293. The van der Waals surface area contributed by atoms with Crippen LogP contribution < -0.4 is 10.5 Å². The van der Waals surface area contributed by atoms with Crippen LogP contribution >= 0.6 is 11.3 Å². The van der Waals surface area contributed by atoms with Crippen LogP contribution in [0.1, 0.15) is 22.2 Å². The molecule has 0 aliphatic rings. The minimum atomic E-state index is -3.38. The van der Waals surface area contributed by atoms with Crippen molar-refractivity contribution < 1.29 is 13.2 Å². The first-order valence-electron chi connectivity index (χ1n) is 4.23. The Morgan fingerprint density at radius 1 is 1.60 bits per heavy atom. The van der Waals surface area contributed by atoms with Crippen molar-refractivity contribution in [3.05, 3.63) is 16.5 Å². The highest BCUT2D eigenvalue weighted by molar-refractivity contribution is 7.92. The first-order valence-corrected chi connectivity index (χ1v) is 6.94. The van der Waals surface area contributed by atoms with Crippen molar-refractivity contribution in [3.63, 3.8) is 0 Å². The molecule has 1 amide bonds. The molecule has 1 aromatic rings. The third-order valence-electron chi connectivity index (χ3n) is 1.68. The van der Waals surface area contributed by atoms with Crippen molar-refractivity contribution >= 4 is 32.3 Å². The summed E-state index contributed by atoms with van der Waals surface area (Å²) in [5.74, 6) is -0.628. The Balaban J connectivity index is 3.15. The molecule has 84 valence electrons. The molecule has 5 nitrogen and oxygen atoms in total. The number of hydrogen-bond acceptors (Lipinski definition) is 4. The number of hydrogen-bond donors (Lipinski definition) is 2. The zero-order chi connectivity index (χ0) is 11.6. The molecule has 15 heavy (non-hydrogen) atoms. The van der Waals surface area contributed by atoms with Crippen LogP contribution in [0.15, 0.2) is 6.07 Å². The minimum Gasteiger partial charge on any atom is -0.366 e. The maximum absolute atomic E-state index is 11.0. The maximum atomic E-state index is 11.0. The van der Waals surface area contributed by atoms with E-state index in [1.807, 2.05) is 6.92 Å². The number of rotatable bonds is 4. The van der Waals surface area contributed by atoms with E-state index in [1.165, 1.54) is 11.3 Å². The van der Waals surface area contributed by atoms with Crippen LogP contribution in [0.25, 0.3) is 0 Å². The molecule has 3 N–H and O–H groups in total. The lowest BCUT2D eigenvalue weighted by Gasteiger charge is -2.01. The summed E-state index contributed by atoms with van der Waals surface area (Å²) in [4.78, 5) is 11.9. The van der Waals surface area contributed by atoms with Gasteiger partial charge in [0.05, 0.1) is 11.8 Å². The van der Waals surface area contributed by atoms with Gasteiger partial charge < -0.3 is 5.73 Å². The smallest absolute Gasteiger partial charge is 0.251 e. The molecule has 0 saturated carbocycles. The van der Waals surface area contributed by atoms with E-state index in [4.69, 9.17) is 5.73 Å². The fraction of sp³-hybridized carbons (Fsp3) is 0.375. The van der Waals surface area contributed by atoms with Gasteiger partial charge in [0.25, 0.3) is 5.91 Å². The molecular weight excluding hydrogens is 236 g/mol. The molecule has 0 spiro atoms. The summed E-state index contributed by atoms with van der Waals surface area (Å²) < 4.78 is 24.3. The lowest BCUT2D eigenvalue weighted by molar-refractivity contribution is 0.100. The first kappa shape index (κ1) is 12.0. The van der Waals surface area contributed by atoms with Crippen molar-refractivity contribution in [2.45, 2.75) is 13.3 Å². The largest absolute Gasteiger partial charge is 0.366 e. The van der Waals surface area contributed by atoms with Crippen molar-refractivity contribution in [2.24, 2.45) is 5.73 Å². The Kier molecular flexibility index (Phi) is 3.35. The molecule has 1 rings (SSSR count). The molecule has 0 aliphatic heterocycles. The van der Waals surface area contributed by atoms with Crippen LogP contribution in [-0.4, -0.2) is 20.6 Å². The van der Waals surface area contributed by atoms with Gasteiger partial charge in [-0.25, -0.2) is 8.42 Å². The number of aryl methyl sites for hydroxylation is 1. The topological polar surface area (TPSA) is 89.3 Å². The zero-order valence-electron chi connectivity index (χ0n) is 8.40. The highest BCUT2D eigenvalue weighted by Gasteiger charge is 2.15. The van der Waals surface area contributed by atoms with Gasteiger partial charge in [0.1, 0.15) is 5.00 Å². The van der Waals surface area contributed by atoms with Crippen LogP contribution in [0.3, 0.4) is 0 Å². The van der Waals surface area contributed by atoms with E-state index in [0.717, 1.165) is 17.6 Å². The van der Waals surface area contributed by atoms with Gasteiger partial charge in [-0.2, -0.15) is 0 Å². The van der Waals surface area contributed by atoms with Gasteiger partial charge in [-0.05, 0) is 12.5 Å². The Hall–Kier alpha value is -1.08. The quantitative estimate of drug-likeness (QED) is 0.825. The van der Waals surface area contributed by atoms with Gasteiger partial charge in [0.15, 0.2) is 0 Å². The standard InChI is InChI=1S/C8H12N2O3S2/c1-3-5-4-6(7(9)11)8(14-5)10-15(2,12)13/h4,10H,3H2,1-2H3,(H2,9,11). The number of carbonyl (C=O) groups is 1. The van der Waals surface area contributed by atoms with E-state index in [0.29, 0.717) is 5.00 Å². The second kappa shape index (κ2) is 4.19. The second-order valence-corrected chi connectivity index (χ2v) is 5.93. The number of nitrogens with two attached hydrogens (primary N) is 1. The fourth-order valence-corrected chi connectivity index (χ4v) is 2.96. The monoisotopic (exact) mass is 248 g/mol. The molecule has 0 bridgehead atoms. The zero-order valence-corrected chi connectivity index (χ0v) is 10.0. The van der Waals surface area contributed by atoms with Gasteiger partial charge in [-0.1, -0.05) is 6.92 Å². The van der Waals surface area contributed by atoms with Crippen molar-refractivity contribution in [1.82, 2.24) is 0 Å². The van der Waals surface area contributed by atoms with Gasteiger partial charge in [0.2, 0.25) is 10.0 Å².